The van der Waals surface area contributed by atoms with Crippen molar-refractivity contribution in [3.05, 3.63) is 75.5 Å². The molecule has 0 atom stereocenters. The second kappa shape index (κ2) is 11.1. The molecular formula is C26H29Cl2N3O2. The van der Waals surface area contributed by atoms with Crippen LogP contribution in [0.5, 0.6) is 0 Å². The number of ether oxygens (including phenoxy) is 1. The van der Waals surface area contributed by atoms with E-state index in [1.807, 2.05) is 42.5 Å². The monoisotopic (exact) mass is 485 g/mol. The summed E-state index contributed by atoms with van der Waals surface area (Å²) in [6.45, 7) is 4.55. The van der Waals surface area contributed by atoms with E-state index in [1.165, 1.54) is 5.69 Å². The van der Waals surface area contributed by atoms with Gasteiger partial charge in [0, 0.05) is 48.8 Å². The molecule has 1 aliphatic heterocycles. The smallest absolute Gasteiger partial charge is 0.410 e. The first-order valence-corrected chi connectivity index (χ1v) is 12.3. The molecule has 0 aliphatic carbocycles. The lowest BCUT2D eigenvalue weighted by Gasteiger charge is -2.20. The first-order chi connectivity index (χ1) is 16.1. The molecule has 7 heteroatoms. The molecule has 5 nitrogen and oxygen atoms in total. The molecule has 0 unspecified atom stereocenters. The van der Waals surface area contributed by atoms with E-state index in [1.54, 1.807) is 11.0 Å². The summed E-state index contributed by atoms with van der Waals surface area (Å²) in [5, 5.41) is 1.21. The standard InChI is InChI=1S/C26H29Cl2N3O2/c1-2-3-7-14-31-24-13-16-30(26(32)33-18-19-8-5-4-6-9-19)15-12-23(24)29-25(31)21-11-10-20(27)17-22(21)28/h4-6,8-11,17H,2-3,7,12-16,18H2,1H3. The first-order valence-electron chi connectivity index (χ1n) is 11.6. The summed E-state index contributed by atoms with van der Waals surface area (Å²) in [6.07, 6.45) is 4.52. The molecular weight excluding hydrogens is 457 g/mol. The lowest BCUT2D eigenvalue weighted by atomic mass is 10.2. The number of carbonyl (C=O) groups is 1. The van der Waals surface area contributed by atoms with Crippen LogP contribution in [0.25, 0.3) is 11.4 Å². The summed E-state index contributed by atoms with van der Waals surface area (Å²) in [5.74, 6) is 0.887. The number of nitrogens with zero attached hydrogens (tertiary/aromatic N) is 3. The van der Waals surface area contributed by atoms with E-state index in [-0.39, 0.29) is 12.7 Å². The van der Waals surface area contributed by atoms with Crippen molar-refractivity contribution in [2.75, 3.05) is 13.1 Å². The Morgan fingerprint density at radius 1 is 1.06 bits per heavy atom. The van der Waals surface area contributed by atoms with Gasteiger partial charge in [-0.1, -0.05) is 73.3 Å². The SMILES string of the molecule is CCCCCn1c(-c2ccc(Cl)cc2Cl)nc2c1CCN(C(=O)OCc1ccccc1)CC2. The number of fused-ring (bicyclic) bond motifs is 1. The number of rotatable bonds is 7. The normalized spacial score (nSPS) is 13.5. The number of amides is 1. The maximum Gasteiger partial charge on any atom is 0.410 e. The van der Waals surface area contributed by atoms with Crippen LogP contribution in [-0.2, 0) is 30.7 Å². The topological polar surface area (TPSA) is 47.4 Å². The third-order valence-corrected chi connectivity index (χ3v) is 6.56. The second-order valence-electron chi connectivity index (χ2n) is 8.34. The highest BCUT2D eigenvalue weighted by Crippen LogP contribution is 2.32. The number of unbranched alkanes of at least 4 members (excludes halogenated alkanes) is 2. The molecule has 33 heavy (non-hydrogen) atoms. The van der Waals surface area contributed by atoms with Crippen molar-refractivity contribution in [1.82, 2.24) is 14.5 Å². The van der Waals surface area contributed by atoms with E-state index in [0.717, 1.165) is 54.9 Å². The zero-order valence-corrected chi connectivity index (χ0v) is 20.4. The van der Waals surface area contributed by atoms with Crippen LogP contribution in [0.15, 0.2) is 48.5 Å². The number of aromatic nitrogens is 2. The van der Waals surface area contributed by atoms with Crippen molar-refractivity contribution in [2.24, 2.45) is 0 Å². The summed E-state index contributed by atoms with van der Waals surface area (Å²) < 4.78 is 7.85. The Kier molecular flexibility index (Phi) is 7.94. The van der Waals surface area contributed by atoms with Gasteiger partial charge in [-0.2, -0.15) is 0 Å². The predicted octanol–water partition coefficient (Wildman–Crippen LogP) is 6.78. The summed E-state index contributed by atoms with van der Waals surface area (Å²) in [4.78, 5) is 19.5. The summed E-state index contributed by atoms with van der Waals surface area (Å²) in [6, 6.07) is 15.3. The van der Waals surface area contributed by atoms with Crippen LogP contribution >= 0.6 is 23.2 Å². The van der Waals surface area contributed by atoms with Gasteiger partial charge >= 0.3 is 6.09 Å². The van der Waals surface area contributed by atoms with E-state index < -0.39 is 0 Å². The molecule has 174 valence electrons. The van der Waals surface area contributed by atoms with Crippen LogP contribution in [0.3, 0.4) is 0 Å². The molecule has 2 aromatic carbocycles. The van der Waals surface area contributed by atoms with Gasteiger partial charge in [0.1, 0.15) is 12.4 Å². The van der Waals surface area contributed by atoms with Gasteiger partial charge in [-0.05, 0) is 30.2 Å². The fourth-order valence-corrected chi connectivity index (χ4v) is 4.73. The summed E-state index contributed by atoms with van der Waals surface area (Å²) in [5.41, 5.74) is 4.10. The van der Waals surface area contributed by atoms with Gasteiger partial charge in [0.15, 0.2) is 0 Å². The molecule has 3 aromatic rings. The Hall–Kier alpha value is -2.50. The maximum absolute atomic E-state index is 12.7. The molecule has 1 amide bonds. The van der Waals surface area contributed by atoms with E-state index in [4.69, 9.17) is 32.9 Å². The van der Waals surface area contributed by atoms with Crippen molar-refractivity contribution >= 4 is 29.3 Å². The quantitative estimate of drug-likeness (QED) is 0.346. The van der Waals surface area contributed by atoms with Crippen molar-refractivity contribution in [1.29, 1.82) is 0 Å². The van der Waals surface area contributed by atoms with E-state index in [2.05, 4.69) is 11.5 Å². The molecule has 0 bridgehead atoms. The average molecular weight is 486 g/mol. The highest BCUT2D eigenvalue weighted by molar-refractivity contribution is 6.36. The first kappa shape index (κ1) is 23.7. The average Bonchev–Trinajstić information content (AvgIpc) is 3.01. The summed E-state index contributed by atoms with van der Waals surface area (Å²) >= 11 is 12.7. The van der Waals surface area contributed by atoms with Crippen molar-refractivity contribution < 1.29 is 9.53 Å². The lowest BCUT2D eigenvalue weighted by molar-refractivity contribution is 0.0976. The maximum atomic E-state index is 12.7. The van der Waals surface area contributed by atoms with Gasteiger partial charge in [0.25, 0.3) is 0 Å². The van der Waals surface area contributed by atoms with Crippen molar-refractivity contribution in [2.45, 2.75) is 52.2 Å². The van der Waals surface area contributed by atoms with Gasteiger partial charge in [-0.25, -0.2) is 9.78 Å². The van der Waals surface area contributed by atoms with Crippen molar-refractivity contribution in [3.8, 4) is 11.4 Å². The van der Waals surface area contributed by atoms with Gasteiger partial charge in [0.2, 0.25) is 0 Å². The number of imidazole rings is 1. The Bertz CT molecular complexity index is 1100. The molecule has 0 spiro atoms. The lowest BCUT2D eigenvalue weighted by Crippen LogP contribution is -2.34. The van der Waals surface area contributed by atoms with Crippen molar-refractivity contribution in [3.63, 3.8) is 0 Å². The molecule has 4 rings (SSSR count). The number of carbonyl (C=O) groups excluding carboxylic acids is 1. The molecule has 0 N–H and O–H groups in total. The highest BCUT2D eigenvalue weighted by Gasteiger charge is 2.26. The number of hydrogen-bond acceptors (Lipinski definition) is 3. The molecule has 0 radical (unpaired) electrons. The number of hydrogen-bond donors (Lipinski definition) is 0. The van der Waals surface area contributed by atoms with E-state index in [9.17, 15) is 4.79 Å². The van der Waals surface area contributed by atoms with E-state index in [0.29, 0.717) is 29.6 Å². The van der Waals surface area contributed by atoms with Crippen LogP contribution in [0.4, 0.5) is 4.79 Å². The van der Waals surface area contributed by atoms with Crippen LogP contribution in [0.1, 0.15) is 43.1 Å². The molecule has 1 aromatic heterocycles. The van der Waals surface area contributed by atoms with Gasteiger partial charge in [-0.3, -0.25) is 0 Å². The van der Waals surface area contributed by atoms with Gasteiger partial charge in [-0.15, -0.1) is 0 Å². The molecule has 2 heterocycles. The van der Waals surface area contributed by atoms with Gasteiger partial charge in [0.05, 0.1) is 10.7 Å². The number of halogens is 2. The highest BCUT2D eigenvalue weighted by atomic mass is 35.5. The Morgan fingerprint density at radius 2 is 1.85 bits per heavy atom. The Morgan fingerprint density at radius 3 is 2.61 bits per heavy atom. The summed E-state index contributed by atoms with van der Waals surface area (Å²) in [7, 11) is 0. The number of benzene rings is 2. The third kappa shape index (κ3) is 5.71. The van der Waals surface area contributed by atoms with Gasteiger partial charge < -0.3 is 14.2 Å². The molecule has 1 aliphatic rings. The second-order valence-corrected chi connectivity index (χ2v) is 9.18. The van der Waals surface area contributed by atoms with Crippen LogP contribution in [0, 0.1) is 0 Å². The minimum Gasteiger partial charge on any atom is -0.445 e. The fourth-order valence-electron chi connectivity index (χ4n) is 4.24. The molecule has 0 saturated carbocycles. The minimum absolute atomic E-state index is 0.275. The van der Waals surface area contributed by atoms with Crippen LogP contribution in [0.2, 0.25) is 10.0 Å². The van der Waals surface area contributed by atoms with Crippen LogP contribution in [-0.4, -0.2) is 33.6 Å². The van der Waals surface area contributed by atoms with Crippen LogP contribution < -0.4 is 0 Å². The Labute approximate surface area is 205 Å². The molecule has 0 fully saturated rings. The zero-order valence-electron chi connectivity index (χ0n) is 18.9. The Balaban J connectivity index is 1.52. The van der Waals surface area contributed by atoms with E-state index >= 15 is 0 Å². The largest absolute Gasteiger partial charge is 0.445 e. The zero-order chi connectivity index (χ0) is 23.2. The fraction of sp³-hybridized carbons (Fsp3) is 0.385. The predicted molar refractivity (Wildman–Crippen MR) is 133 cm³/mol. The minimum atomic E-state index is -0.275. The third-order valence-electron chi connectivity index (χ3n) is 6.01. The molecule has 0 saturated heterocycles.